The van der Waals surface area contributed by atoms with Crippen molar-refractivity contribution in [3.8, 4) is 0 Å². The van der Waals surface area contributed by atoms with E-state index in [2.05, 4.69) is 20.8 Å². The van der Waals surface area contributed by atoms with Crippen LogP contribution in [-0.2, 0) is 6.54 Å². The number of carbonyl (C=O) groups excluding carboxylic acids is 2. The molecule has 0 bridgehead atoms. The van der Waals surface area contributed by atoms with Crippen LogP contribution in [-0.4, -0.2) is 22.0 Å². The van der Waals surface area contributed by atoms with E-state index in [1.165, 1.54) is 24.3 Å². The van der Waals surface area contributed by atoms with E-state index in [0.29, 0.717) is 34.4 Å². The Labute approximate surface area is 163 Å². The molecule has 2 amide bonds. The molecule has 0 aliphatic carbocycles. The lowest BCUT2D eigenvalue weighted by Crippen LogP contribution is -2.22. The van der Waals surface area contributed by atoms with Gasteiger partial charge in [0, 0.05) is 21.4 Å². The predicted molar refractivity (Wildman–Crippen MR) is 106 cm³/mol. The van der Waals surface area contributed by atoms with Gasteiger partial charge in [0.1, 0.15) is 5.82 Å². The molecule has 0 fully saturated rings. The summed E-state index contributed by atoms with van der Waals surface area (Å²) >= 11 is 1.57. The molecule has 0 atom stereocenters. The fourth-order valence-electron chi connectivity index (χ4n) is 2.71. The van der Waals surface area contributed by atoms with Crippen LogP contribution >= 0.6 is 11.3 Å². The van der Waals surface area contributed by atoms with Crippen LogP contribution in [0.5, 0.6) is 0 Å². The largest absolute Gasteiger partial charge is 0.347 e. The number of H-pyrrole nitrogens is 1. The number of hydrogen-bond donors (Lipinski definition) is 3. The zero-order chi connectivity index (χ0) is 19.5. The third kappa shape index (κ3) is 3.77. The van der Waals surface area contributed by atoms with E-state index in [1.54, 1.807) is 29.5 Å². The molecule has 0 saturated carbocycles. The maximum Gasteiger partial charge on any atom is 0.256 e. The van der Waals surface area contributed by atoms with Crippen molar-refractivity contribution < 1.29 is 14.0 Å². The number of hydrogen-bond acceptors (Lipinski definition) is 4. The minimum Gasteiger partial charge on any atom is -0.347 e. The second-order valence-corrected chi connectivity index (χ2v) is 7.09. The van der Waals surface area contributed by atoms with Gasteiger partial charge in [0.25, 0.3) is 11.8 Å². The van der Waals surface area contributed by atoms with Gasteiger partial charge in [-0.05, 0) is 53.9 Å². The summed E-state index contributed by atoms with van der Waals surface area (Å²) < 4.78 is 13.0. The van der Waals surface area contributed by atoms with Crippen LogP contribution in [0.4, 0.5) is 10.2 Å². The summed E-state index contributed by atoms with van der Waals surface area (Å²) in [5.41, 5.74) is 1.45. The molecule has 0 spiro atoms. The van der Waals surface area contributed by atoms with Crippen molar-refractivity contribution in [3.05, 3.63) is 81.8 Å². The van der Waals surface area contributed by atoms with E-state index in [9.17, 15) is 14.0 Å². The molecule has 2 aromatic carbocycles. The van der Waals surface area contributed by atoms with Gasteiger partial charge in [0.15, 0.2) is 5.82 Å². The second-order valence-electron chi connectivity index (χ2n) is 6.06. The molecule has 0 saturated heterocycles. The van der Waals surface area contributed by atoms with Crippen molar-refractivity contribution in [1.29, 1.82) is 0 Å². The second kappa shape index (κ2) is 7.61. The number of thiophene rings is 1. The fourth-order valence-corrected chi connectivity index (χ4v) is 3.36. The number of nitrogens with one attached hydrogen (secondary N) is 3. The van der Waals surface area contributed by atoms with E-state index >= 15 is 0 Å². The lowest BCUT2D eigenvalue weighted by atomic mass is 10.1. The van der Waals surface area contributed by atoms with Crippen LogP contribution in [0.25, 0.3) is 10.9 Å². The fraction of sp³-hybridized carbons (Fsp3) is 0.0500. The van der Waals surface area contributed by atoms with Crippen molar-refractivity contribution in [3.63, 3.8) is 0 Å². The number of nitrogens with zero attached hydrogens (tertiary/aromatic N) is 1. The zero-order valence-electron chi connectivity index (χ0n) is 14.5. The Hall–Kier alpha value is -3.52. The van der Waals surface area contributed by atoms with Crippen LogP contribution in [0.3, 0.4) is 0 Å². The van der Waals surface area contributed by atoms with Crippen LogP contribution < -0.4 is 10.6 Å². The molecule has 0 aliphatic heterocycles. The molecule has 28 heavy (non-hydrogen) atoms. The summed E-state index contributed by atoms with van der Waals surface area (Å²) in [4.78, 5) is 25.8. The minimum absolute atomic E-state index is 0.215. The summed E-state index contributed by atoms with van der Waals surface area (Å²) in [6.07, 6.45) is 0. The first-order chi connectivity index (χ1) is 13.6. The van der Waals surface area contributed by atoms with Crippen LogP contribution in [0.1, 0.15) is 25.6 Å². The van der Waals surface area contributed by atoms with Gasteiger partial charge in [-0.3, -0.25) is 14.7 Å². The van der Waals surface area contributed by atoms with Gasteiger partial charge in [-0.1, -0.05) is 6.07 Å². The van der Waals surface area contributed by atoms with E-state index < -0.39 is 11.7 Å². The lowest BCUT2D eigenvalue weighted by Gasteiger charge is -2.05. The number of benzene rings is 2. The summed E-state index contributed by atoms with van der Waals surface area (Å²) in [5, 5.41) is 15.0. The van der Waals surface area contributed by atoms with Crippen molar-refractivity contribution in [2.45, 2.75) is 6.54 Å². The van der Waals surface area contributed by atoms with Gasteiger partial charge >= 0.3 is 0 Å². The predicted octanol–water partition coefficient (Wildman–Crippen LogP) is 3.95. The van der Waals surface area contributed by atoms with Gasteiger partial charge in [-0.2, -0.15) is 5.10 Å². The molecule has 8 heteroatoms. The molecule has 0 unspecified atom stereocenters. The number of aromatic nitrogens is 2. The number of anilines is 1. The van der Waals surface area contributed by atoms with Gasteiger partial charge in [-0.25, -0.2) is 4.39 Å². The summed E-state index contributed by atoms with van der Waals surface area (Å²) in [6, 6.07) is 14.2. The number of fused-ring (bicyclic) bond motifs is 1. The average molecular weight is 394 g/mol. The van der Waals surface area contributed by atoms with Crippen LogP contribution in [0, 0.1) is 5.82 Å². The van der Waals surface area contributed by atoms with Gasteiger partial charge < -0.3 is 10.6 Å². The first kappa shape index (κ1) is 17.9. The quantitative estimate of drug-likeness (QED) is 0.479. The number of amides is 2. The highest BCUT2D eigenvalue weighted by Crippen LogP contribution is 2.22. The van der Waals surface area contributed by atoms with Gasteiger partial charge in [-0.15, -0.1) is 11.3 Å². The average Bonchev–Trinajstić information content (AvgIpc) is 3.36. The third-order valence-electron chi connectivity index (χ3n) is 4.17. The first-order valence-corrected chi connectivity index (χ1v) is 9.34. The number of halogens is 1. The molecule has 4 rings (SSSR count). The smallest absolute Gasteiger partial charge is 0.256 e. The highest BCUT2D eigenvalue weighted by atomic mass is 32.1. The number of aromatic amines is 1. The van der Waals surface area contributed by atoms with Crippen molar-refractivity contribution in [2.24, 2.45) is 0 Å². The summed E-state index contributed by atoms with van der Waals surface area (Å²) in [6.45, 7) is 0.452. The van der Waals surface area contributed by atoms with E-state index in [-0.39, 0.29) is 5.91 Å². The molecule has 3 N–H and O–H groups in total. The number of carbonyl (C=O) groups is 2. The van der Waals surface area contributed by atoms with Gasteiger partial charge in [0.2, 0.25) is 0 Å². The van der Waals surface area contributed by atoms with Gasteiger partial charge in [0.05, 0.1) is 12.1 Å². The monoisotopic (exact) mass is 394 g/mol. The summed E-state index contributed by atoms with van der Waals surface area (Å²) in [5.74, 6) is -0.745. The standard InChI is InChI=1S/C20H15FN4O2S/c21-14-6-3-12(4-7-14)20(27)23-18-16-10-13(5-8-17(16)24-25-18)19(26)22-11-15-2-1-9-28-15/h1-10H,11H2,(H,22,26)(H2,23,24,25,27). The molecule has 0 radical (unpaired) electrons. The molecule has 6 nitrogen and oxygen atoms in total. The Morgan fingerprint density at radius 1 is 1.04 bits per heavy atom. The maximum absolute atomic E-state index is 13.0. The van der Waals surface area contributed by atoms with Crippen LogP contribution in [0.15, 0.2) is 60.0 Å². The van der Waals surface area contributed by atoms with Crippen molar-refractivity contribution in [2.75, 3.05) is 5.32 Å². The Kier molecular flexibility index (Phi) is 4.86. The number of rotatable bonds is 5. The topological polar surface area (TPSA) is 86.9 Å². The summed E-state index contributed by atoms with van der Waals surface area (Å²) in [7, 11) is 0. The zero-order valence-corrected chi connectivity index (χ0v) is 15.3. The Balaban J connectivity index is 1.53. The molecule has 0 aliphatic rings. The molecular formula is C20H15FN4O2S. The van der Waals surface area contributed by atoms with E-state index in [0.717, 1.165) is 4.88 Å². The molecule has 4 aromatic rings. The normalized spacial score (nSPS) is 10.8. The Morgan fingerprint density at radius 3 is 2.57 bits per heavy atom. The van der Waals surface area contributed by atoms with E-state index in [1.807, 2.05) is 17.5 Å². The first-order valence-electron chi connectivity index (χ1n) is 8.46. The molecule has 140 valence electrons. The SMILES string of the molecule is O=C(NCc1cccs1)c1ccc2[nH]nc(NC(=O)c3ccc(F)cc3)c2c1. The van der Waals surface area contributed by atoms with Crippen molar-refractivity contribution in [1.82, 2.24) is 15.5 Å². The van der Waals surface area contributed by atoms with Crippen molar-refractivity contribution >= 4 is 39.9 Å². The maximum atomic E-state index is 13.0. The third-order valence-corrected chi connectivity index (χ3v) is 5.04. The Bertz CT molecular complexity index is 1140. The molecular weight excluding hydrogens is 379 g/mol. The minimum atomic E-state index is -0.417. The Morgan fingerprint density at radius 2 is 1.82 bits per heavy atom. The highest BCUT2D eigenvalue weighted by Gasteiger charge is 2.14. The van der Waals surface area contributed by atoms with E-state index in [4.69, 9.17) is 0 Å². The van der Waals surface area contributed by atoms with Crippen LogP contribution in [0.2, 0.25) is 0 Å². The highest BCUT2D eigenvalue weighted by molar-refractivity contribution is 7.09. The lowest BCUT2D eigenvalue weighted by molar-refractivity contribution is 0.0950. The molecule has 2 heterocycles. The molecule has 2 aromatic heterocycles.